The molecule has 0 fully saturated rings. The van der Waals surface area contributed by atoms with Crippen molar-refractivity contribution in [1.82, 2.24) is 9.97 Å². The van der Waals surface area contributed by atoms with Crippen LogP contribution in [0.15, 0.2) is 18.3 Å². The molecule has 2 heterocycles. The van der Waals surface area contributed by atoms with Crippen molar-refractivity contribution in [2.45, 2.75) is 42.0 Å². The number of pyridine rings is 1. The van der Waals surface area contributed by atoms with Crippen LogP contribution in [0.5, 0.6) is 5.88 Å². The van der Waals surface area contributed by atoms with E-state index in [9.17, 15) is 0 Å². The van der Waals surface area contributed by atoms with Gasteiger partial charge in [-0.25, -0.2) is 4.98 Å². The van der Waals surface area contributed by atoms with Gasteiger partial charge >= 0.3 is 0 Å². The maximum absolute atomic E-state index is 5.11. The summed E-state index contributed by atoms with van der Waals surface area (Å²) in [5.74, 6) is 0.678. The summed E-state index contributed by atoms with van der Waals surface area (Å²) in [4.78, 5) is 7.31. The maximum atomic E-state index is 5.11. The van der Waals surface area contributed by atoms with E-state index in [0.29, 0.717) is 5.88 Å². The van der Waals surface area contributed by atoms with Crippen LogP contribution >= 0.6 is 0 Å². The Kier molecular flexibility index (Phi) is 10.2. The summed E-state index contributed by atoms with van der Waals surface area (Å²) < 4.78 is 5.11. The molecule has 98 valence electrons. The number of fused-ring (bicyclic) bond motifs is 1. The number of H-pyrrole nitrogens is 1. The van der Waals surface area contributed by atoms with Gasteiger partial charge in [0.2, 0.25) is 5.88 Å². The fourth-order valence-electron chi connectivity index (χ4n) is 1.33. The van der Waals surface area contributed by atoms with E-state index >= 15 is 0 Å². The fourth-order valence-corrected chi connectivity index (χ4v) is 1.33. The molecule has 3 heteroatoms. The lowest BCUT2D eigenvalue weighted by Crippen LogP contribution is -1.86. The van der Waals surface area contributed by atoms with Crippen molar-refractivity contribution in [1.29, 1.82) is 0 Å². The van der Waals surface area contributed by atoms with Crippen LogP contribution in [-0.2, 0) is 0 Å². The van der Waals surface area contributed by atoms with Crippen molar-refractivity contribution >= 4 is 10.9 Å². The molecule has 0 atom stereocenters. The summed E-state index contributed by atoms with van der Waals surface area (Å²) >= 11 is 0. The zero-order chi connectivity index (χ0) is 12.6. The van der Waals surface area contributed by atoms with E-state index < -0.39 is 0 Å². The number of ether oxygens (including phenoxy) is 1. The molecule has 2 aromatic rings. The van der Waals surface area contributed by atoms with Gasteiger partial charge in [-0.2, -0.15) is 0 Å². The number of aromatic nitrogens is 2. The van der Waals surface area contributed by atoms with Crippen LogP contribution < -0.4 is 4.74 Å². The van der Waals surface area contributed by atoms with Gasteiger partial charge in [0.1, 0.15) is 0 Å². The van der Waals surface area contributed by atoms with E-state index in [4.69, 9.17) is 4.74 Å². The van der Waals surface area contributed by atoms with E-state index in [1.165, 1.54) is 0 Å². The molecule has 0 aliphatic rings. The number of hydrogen-bond donors (Lipinski definition) is 1. The van der Waals surface area contributed by atoms with Crippen LogP contribution in [0.3, 0.4) is 0 Å². The van der Waals surface area contributed by atoms with E-state index in [1.54, 1.807) is 13.3 Å². The van der Waals surface area contributed by atoms with Crippen LogP contribution in [0.4, 0.5) is 0 Å². The third-order valence-corrected chi connectivity index (χ3v) is 1.84. The minimum absolute atomic E-state index is 0. The second-order valence-electron chi connectivity index (χ2n) is 2.73. The van der Waals surface area contributed by atoms with Crippen molar-refractivity contribution < 1.29 is 4.74 Å². The smallest absolute Gasteiger partial charge is 0.222 e. The molecule has 0 unspecified atom stereocenters. The standard InChI is InChI=1S/C9H10N2O.2C2H6.CH4/c1-6-5-7-8(11-6)3-4-10-9(7)12-2;2*1-2;/h3-5,11H,1-2H3;2*1-2H3;1H4. The van der Waals surface area contributed by atoms with Crippen LogP contribution in [0.2, 0.25) is 0 Å². The third-order valence-electron chi connectivity index (χ3n) is 1.84. The zero-order valence-corrected chi connectivity index (χ0v) is 11.1. The van der Waals surface area contributed by atoms with Gasteiger partial charge in [0.05, 0.1) is 18.0 Å². The largest absolute Gasteiger partial charge is 0.481 e. The Morgan fingerprint density at radius 2 is 1.76 bits per heavy atom. The number of aromatic amines is 1. The minimum Gasteiger partial charge on any atom is -0.481 e. The first-order chi connectivity index (χ1) is 7.81. The number of methoxy groups -OCH3 is 1. The number of rotatable bonds is 1. The van der Waals surface area contributed by atoms with Gasteiger partial charge < -0.3 is 9.72 Å². The summed E-state index contributed by atoms with van der Waals surface area (Å²) in [6.45, 7) is 10.0. The predicted octanol–water partition coefficient (Wildman–Crippen LogP) is 4.57. The van der Waals surface area contributed by atoms with Crippen LogP contribution in [0.1, 0.15) is 40.8 Å². The molecule has 0 aliphatic carbocycles. The van der Waals surface area contributed by atoms with Crippen molar-refractivity contribution in [3.05, 3.63) is 24.0 Å². The molecule has 2 rings (SSSR count). The molecule has 0 saturated carbocycles. The van der Waals surface area contributed by atoms with Gasteiger partial charge in [-0.3, -0.25) is 0 Å². The average Bonchev–Trinajstić information content (AvgIpc) is 2.74. The van der Waals surface area contributed by atoms with Crippen LogP contribution in [0, 0.1) is 6.92 Å². The first-order valence-electron chi connectivity index (χ1n) is 5.79. The van der Waals surface area contributed by atoms with Crippen molar-refractivity contribution in [2.24, 2.45) is 0 Å². The van der Waals surface area contributed by atoms with Gasteiger partial charge in [0.25, 0.3) is 0 Å². The van der Waals surface area contributed by atoms with Crippen molar-refractivity contribution in [3.8, 4) is 5.88 Å². The lowest BCUT2D eigenvalue weighted by atomic mass is 10.3. The number of aryl methyl sites for hydroxylation is 1. The van der Waals surface area contributed by atoms with Crippen molar-refractivity contribution in [3.63, 3.8) is 0 Å². The van der Waals surface area contributed by atoms with Gasteiger partial charge in [0.15, 0.2) is 0 Å². The molecule has 0 radical (unpaired) electrons. The first-order valence-corrected chi connectivity index (χ1v) is 5.79. The third kappa shape index (κ3) is 4.47. The highest BCUT2D eigenvalue weighted by molar-refractivity contribution is 5.84. The number of nitrogens with zero attached hydrogens (tertiary/aromatic N) is 1. The summed E-state index contributed by atoms with van der Waals surface area (Å²) in [7, 11) is 1.63. The molecular formula is C14H26N2O. The van der Waals surface area contributed by atoms with Crippen molar-refractivity contribution in [2.75, 3.05) is 7.11 Å². The molecular weight excluding hydrogens is 212 g/mol. The molecule has 0 amide bonds. The zero-order valence-electron chi connectivity index (χ0n) is 11.1. The molecule has 0 spiro atoms. The normalized spacial score (nSPS) is 8.12. The van der Waals surface area contributed by atoms with E-state index in [0.717, 1.165) is 16.6 Å². The minimum atomic E-state index is 0. The Hall–Kier alpha value is -1.51. The molecule has 2 aromatic heterocycles. The Labute approximate surface area is 105 Å². The lowest BCUT2D eigenvalue weighted by molar-refractivity contribution is 0.403. The van der Waals surface area contributed by atoms with Gasteiger partial charge in [-0.05, 0) is 19.1 Å². The summed E-state index contributed by atoms with van der Waals surface area (Å²) in [5, 5.41) is 1.04. The Balaban J connectivity index is 0. The summed E-state index contributed by atoms with van der Waals surface area (Å²) in [5.41, 5.74) is 2.19. The Morgan fingerprint density at radius 3 is 2.29 bits per heavy atom. The van der Waals surface area contributed by atoms with Crippen LogP contribution in [-0.4, -0.2) is 17.1 Å². The molecule has 0 aliphatic heterocycles. The monoisotopic (exact) mass is 238 g/mol. The molecule has 0 saturated heterocycles. The first kappa shape index (κ1) is 17.9. The summed E-state index contributed by atoms with van der Waals surface area (Å²) in [6, 6.07) is 3.96. The fraction of sp³-hybridized carbons (Fsp3) is 0.500. The molecule has 17 heavy (non-hydrogen) atoms. The second-order valence-corrected chi connectivity index (χ2v) is 2.73. The van der Waals surface area contributed by atoms with E-state index in [-0.39, 0.29) is 7.43 Å². The highest BCUT2D eigenvalue weighted by Crippen LogP contribution is 2.22. The van der Waals surface area contributed by atoms with Gasteiger partial charge in [-0.15, -0.1) is 0 Å². The van der Waals surface area contributed by atoms with E-state index in [1.807, 2.05) is 46.8 Å². The highest BCUT2D eigenvalue weighted by Gasteiger charge is 2.03. The Morgan fingerprint density at radius 1 is 1.18 bits per heavy atom. The van der Waals surface area contributed by atoms with Crippen LogP contribution in [0.25, 0.3) is 10.9 Å². The van der Waals surface area contributed by atoms with Gasteiger partial charge in [0, 0.05) is 11.9 Å². The number of hydrogen-bond acceptors (Lipinski definition) is 2. The predicted molar refractivity (Wildman–Crippen MR) is 76.8 cm³/mol. The molecule has 0 aromatic carbocycles. The lowest BCUT2D eigenvalue weighted by Gasteiger charge is -1.97. The topological polar surface area (TPSA) is 37.9 Å². The van der Waals surface area contributed by atoms with E-state index in [2.05, 4.69) is 9.97 Å². The maximum Gasteiger partial charge on any atom is 0.222 e. The second kappa shape index (κ2) is 9.70. The quantitative estimate of drug-likeness (QED) is 0.790. The molecule has 1 N–H and O–H groups in total. The highest BCUT2D eigenvalue weighted by atomic mass is 16.5. The van der Waals surface area contributed by atoms with Gasteiger partial charge in [-0.1, -0.05) is 35.1 Å². The molecule has 3 nitrogen and oxygen atoms in total. The molecule has 0 bridgehead atoms. The SMILES string of the molecule is C.CC.CC.COc1nccc2[nH]c(C)cc12. The average molecular weight is 238 g/mol. The Bertz CT molecular complexity index is 408. The number of nitrogens with one attached hydrogen (secondary N) is 1. The summed E-state index contributed by atoms with van der Waals surface area (Å²) in [6.07, 6.45) is 1.73.